The van der Waals surface area contributed by atoms with Gasteiger partial charge in [-0.2, -0.15) is 0 Å². The molecule has 0 saturated heterocycles. The lowest BCUT2D eigenvalue weighted by atomic mass is 10.2. The quantitative estimate of drug-likeness (QED) is 0.503. The van der Waals surface area contributed by atoms with Gasteiger partial charge in [0.25, 0.3) is 0 Å². The molecule has 1 rings (SSSR count). The molecule has 0 aliphatic rings. The van der Waals surface area contributed by atoms with Gasteiger partial charge in [0.2, 0.25) is 0 Å². The van der Waals surface area contributed by atoms with E-state index in [1.54, 1.807) is 0 Å². The zero-order chi connectivity index (χ0) is 9.36. The molecule has 1 aromatic carbocycles. The summed E-state index contributed by atoms with van der Waals surface area (Å²) in [5.74, 6) is 0. The Hall–Kier alpha value is -1.30. The molecule has 0 radical (unpaired) electrons. The molecule has 0 bridgehead atoms. The summed E-state index contributed by atoms with van der Waals surface area (Å²) in [6, 6.07) is 10.1. The van der Waals surface area contributed by atoms with E-state index in [1.807, 2.05) is 37.3 Å². The zero-order valence-electron chi connectivity index (χ0n) is 7.86. The minimum absolute atomic E-state index is 0.624. The maximum Gasteiger partial charge on any atom is 0.0725 e. The molecule has 1 nitrogen and oxygen atoms in total. The summed E-state index contributed by atoms with van der Waals surface area (Å²) in [5, 5.41) is 0. The van der Waals surface area contributed by atoms with Crippen LogP contribution in [0.3, 0.4) is 0 Å². The molecule has 0 saturated carbocycles. The minimum atomic E-state index is 0.624. The van der Waals surface area contributed by atoms with Crippen LogP contribution < -0.4 is 0 Å². The second-order valence-electron chi connectivity index (χ2n) is 2.66. The second kappa shape index (κ2) is 6.24. The predicted molar refractivity (Wildman–Crippen MR) is 54.4 cm³/mol. The fourth-order valence-electron chi connectivity index (χ4n) is 0.976. The SMILES string of the molecule is CC=C=CCOCc1ccccc1. The van der Waals surface area contributed by atoms with Crippen molar-refractivity contribution in [2.24, 2.45) is 0 Å². The lowest BCUT2D eigenvalue weighted by molar-refractivity contribution is 0.149. The van der Waals surface area contributed by atoms with E-state index in [-0.39, 0.29) is 0 Å². The Kier molecular flexibility index (Phi) is 4.70. The van der Waals surface area contributed by atoms with Crippen molar-refractivity contribution < 1.29 is 4.74 Å². The first-order valence-corrected chi connectivity index (χ1v) is 4.40. The number of hydrogen-bond donors (Lipinski definition) is 0. The summed E-state index contributed by atoms with van der Waals surface area (Å²) < 4.78 is 5.38. The fraction of sp³-hybridized carbons (Fsp3) is 0.250. The first-order chi connectivity index (χ1) is 6.43. The summed E-state index contributed by atoms with van der Waals surface area (Å²) in [5.41, 5.74) is 4.16. The molecule has 1 aromatic rings. The third kappa shape index (κ3) is 4.32. The zero-order valence-corrected chi connectivity index (χ0v) is 7.86. The molecule has 0 aliphatic carbocycles. The maximum atomic E-state index is 5.38. The summed E-state index contributed by atoms with van der Waals surface area (Å²) >= 11 is 0. The van der Waals surface area contributed by atoms with E-state index in [2.05, 4.69) is 17.9 Å². The molecule has 13 heavy (non-hydrogen) atoms. The standard InChI is InChI=1S/C12H14O/c1-2-3-7-10-13-11-12-8-5-4-6-9-12/h2,4-9H,10-11H2,1H3. The molecular weight excluding hydrogens is 160 g/mol. The molecule has 0 fully saturated rings. The highest BCUT2D eigenvalue weighted by Crippen LogP contribution is 1.99. The van der Waals surface area contributed by atoms with Crippen molar-refractivity contribution in [3.63, 3.8) is 0 Å². The van der Waals surface area contributed by atoms with Crippen LogP contribution in [0.2, 0.25) is 0 Å². The molecule has 0 aliphatic heterocycles. The van der Waals surface area contributed by atoms with Crippen LogP contribution in [0.5, 0.6) is 0 Å². The van der Waals surface area contributed by atoms with Crippen LogP contribution in [-0.4, -0.2) is 6.61 Å². The van der Waals surface area contributed by atoms with Gasteiger partial charge in [0.15, 0.2) is 0 Å². The van der Waals surface area contributed by atoms with Gasteiger partial charge in [-0.1, -0.05) is 30.3 Å². The number of hydrogen-bond acceptors (Lipinski definition) is 1. The maximum absolute atomic E-state index is 5.38. The average Bonchev–Trinajstić information content (AvgIpc) is 2.19. The summed E-state index contributed by atoms with van der Waals surface area (Å²) in [6.07, 6.45) is 3.74. The van der Waals surface area contributed by atoms with Gasteiger partial charge in [0, 0.05) is 0 Å². The molecule has 0 amide bonds. The first kappa shape index (κ1) is 9.79. The normalized spacial score (nSPS) is 9.00. The van der Waals surface area contributed by atoms with E-state index >= 15 is 0 Å². The first-order valence-electron chi connectivity index (χ1n) is 4.40. The fourth-order valence-corrected chi connectivity index (χ4v) is 0.976. The average molecular weight is 174 g/mol. The smallest absolute Gasteiger partial charge is 0.0725 e. The van der Waals surface area contributed by atoms with Crippen molar-refractivity contribution in [2.45, 2.75) is 13.5 Å². The van der Waals surface area contributed by atoms with Crippen LogP contribution in [0.4, 0.5) is 0 Å². The summed E-state index contributed by atoms with van der Waals surface area (Å²) in [6.45, 7) is 3.23. The Bertz CT molecular complexity index is 281. The van der Waals surface area contributed by atoms with Gasteiger partial charge in [-0.25, -0.2) is 0 Å². The van der Waals surface area contributed by atoms with Crippen LogP contribution >= 0.6 is 0 Å². The number of rotatable bonds is 4. The van der Waals surface area contributed by atoms with E-state index in [9.17, 15) is 0 Å². The van der Waals surface area contributed by atoms with E-state index in [1.165, 1.54) is 5.56 Å². The van der Waals surface area contributed by atoms with Crippen LogP contribution in [0.15, 0.2) is 48.2 Å². The molecule has 0 spiro atoms. The highest BCUT2D eigenvalue weighted by molar-refractivity contribution is 5.13. The van der Waals surface area contributed by atoms with Crippen LogP contribution in [-0.2, 0) is 11.3 Å². The van der Waals surface area contributed by atoms with Gasteiger partial charge in [-0.15, -0.1) is 5.73 Å². The lowest BCUT2D eigenvalue weighted by Gasteiger charge is -1.99. The van der Waals surface area contributed by atoms with Crippen molar-refractivity contribution in [2.75, 3.05) is 6.61 Å². The molecule has 0 aromatic heterocycles. The van der Waals surface area contributed by atoms with Gasteiger partial charge in [-0.05, 0) is 24.6 Å². The lowest BCUT2D eigenvalue weighted by Crippen LogP contribution is -1.91. The van der Waals surface area contributed by atoms with E-state index in [0.717, 1.165) is 0 Å². The highest BCUT2D eigenvalue weighted by Gasteiger charge is 1.88. The minimum Gasteiger partial charge on any atom is -0.372 e. The van der Waals surface area contributed by atoms with Gasteiger partial charge >= 0.3 is 0 Å². The van der Waals surface area contributed by atoms with Crippen molar-refractivity contribution in [1.29, 1.82) is 0 Å². The number of benzene rings is 1. The topological polar surface area (TPSA) is 9.23 Å². The van der Waals surface area contributed by atoms with E-state index in [0.29, 0.717) is 13.2 Å². The van der Waals surface area contributed by atoms with Gasteiger partial charge < -0.3 is 4.74 Å². The molecule has 1 heteroatoms. The molecule has 0 atom stereocenters. The Morgan fingerprint density at radius 2 is 2.08 bits per heavy atom. The van der Waals surface area contributed by atoms with E-state index < -0.39 is 0 Å². The monoisotopic (exact) mass is 174 g/mol. The van der Waals surface area contributed by atoms with Gasteiger partial charge in [0.1, 0.15) is 0 Å². The van der Waals surface area contributed by atoms with Crippen LogP contribution in [0.25, 0.3) is 0 Å². The summed E-state index contributed by atoms with van der Waals surface area (Å²) in [7, 11) is 0. The van der Waals surface area contributed by atoms with Crippen molar-refractivity contribution in [3.05, 3.63) is 53.8 Å². The molecule has 0 N–H and O–H groups in total. The summed E-state index contributed by atoms with van der Waals surface area (Å²) in [4.78, 5) is 0. The third-order valence-electron chi connectivity index (χ3n) is 1.60. The number of ether oxygens (including phenoxy) is 1. The Labute approximate surface area is 79.4 Å². The third-order valence-corrected chi connectivity index (χ3v) is 1.60. The predicted octanol–water partition coefficient (Wildman–Crippen LogP) is 2.93. The highest BCUT2D eigenvalue weighted by atomic mass is 16.5. The second-order valence-corrected chi connectivity index (χ2v) is 2.66. The van der Waals surface area contributed by atoms with Crippen molar-refractivity contribution in [1.82, 2.24) is 0 Å². The van der Waals surface area contributed by atoms with Crippen LogP contribution in [0.1, 0.15) is 12.5 Å². The van der Waals surface area contributed by atoms with Gasteiger partial charge in [0.05, 0.1) is 13.2 Å². The Morgan fingerprint density at radius 3 is 2.77 bits per heavy atom. The Morgan fingerprint density at radius 1 is 1.31 bits per heavy atom. The van der Waals surface area contributed by atoms with Crippen molar-refractivity contribution in [3.8, 4) is 0 Å². The molecule has 68 valence electrons. The van der Waals surface area contributed by atoms with Crippen LogP contribution in [0, 0.1) is 0 Å². The van der Waals surface area contributed by atoms with Crippen molar-refractivity contribution >= 4 is 0 Å². The van der Waals surface area contributed by atoms with E-state index in [4.69, 9.17) is 4.74 Å². The van der Waals surface area contributed by atoms with Gasteiger partial charge in [-0.3, -0.25) is 0 Å². The largest absolute Gasteiger partial charge is 0.372 e. The Balaban J connectivity index is 2.24. The molecule has 0 heterocycles. The molecule has 0 unspecified atom stereocenters. The molecular formula is C12H14O.